The lowest BCUT2D eigenvalue weighted by molar-refractivity contribution is 0.0525. The van der Waals surface area contributed by atoms with Gasteiger partial charge in [0, 0.05) is 37.7 Å². The average Bonchev–Trinajstić information content (AvgIpc) is 3.29. The van der Waals surface area contributed by atoms with Gasteiger partial charge in [-0.2, -0.15) is 0 Å². The maximum atomic E-state index is 12.8. The van der Waals surface area contributed by atoms with Gasteiger partial charge in [0.1, 0.15) is 0 Å². The molecule has 1 unspecified atom stereocenters. The first-order valence-electron chi connectivity index (χ1n) is 11.3. The number of halogens is 1. The number of methoxy groups -OCH3 is 1. The Balaban J connectivity index is 1.87. The number of fused-ring (bicyclic) bond motifs is 1. The Bertz CT molecular complexity index is 1600. The molecule has 0 saturated heterocycles. The molecule has 0 bridgehead atoms. The molecule has 0 saturated carbocycles. The quantitative estimate of drug-likeness (QED) is 0.315. The van der Waals surface area contributed by atoms with E-state index in [-0.39, 0.29) is 5.56 Å². The van der Waals surface area contributed by atoms with E-state index in [1.165, 1.54) is 0 Å². The van der Waals surface area contributed by atoms with E-state index in [0.717, 1.165) is 44.4 Å². The van der Waals surface area contributed by atoms with Crippen LogP contribution in [0.1, 0.15) is 22.4 Å². The summed E-state index contributed by atoms with van der Waals surface area (Å²) in [6, 6.07) is 23.7. The molecule has 0 aliphatic heterocycles. The zero-order valence-corrected chi connectivity index (χ0v) is 20.9. The van der Waals surface area contributed by atoms with Crippen LogP contribution < -0.4 is 5.56 Å². The van der Waals surface area contributed by atoms with E-state index < -0.39 is 5.60 Å². The molecule has 0 aliphatic rings. The van der Waals surface area contributed by atoms with Gasteiger partial charge < -0.3 is 13.9 Å². The number of pyridine rings is 1. The van der Waals surface area contributed by atoms with Crippen LogP contribution in [0.5, 0.6) is 0 Å². The van der Waals surface area contributed by atoms with Gasteiger partial charge in [0.15, 0.2) is 5.60 Å². The Kier molecular flexibility index (Phi) is 5.83. The van der Waals surface area contributed by atoms with E-state index in [1.807, 2.05) is 66.3 Å². The molecular formula is C29H26ClN3O2. The van der Waals surface area contributed by atoms with Crippen molar-refractivity contribution in [3.8, 4) is 11.1 Å². The smallest absolute Gasteiger partial charge is 0.251 e. The summed E-state index contributed by atoms with van der Waals surface area (Å²) >= 11 is 6.23. The lowest BCUT2D eigenvalue weighted by atomic mass is 9.82. The van der Waals surface area contributed by atoms with Crippen LogP contribution in [-0.2, 0) is 24.4 Å². The van der Waals surface area contributed by atoms with E-state index in [1.54, 1.807) is 31.1 Å². The summed E-state index contributed by atoms with van der Waals surface area (Å²) in [6.45, 7) is 2.05. The van der Waals surface area contributed by atoms with Gasteiger partial charge in [0.05, 0.1) is 23.7 Å². The third-order valence-electron chi connectivity index (χ3n) is 6.72. The van der Waals surface area contributed by atoms with Gasteiger partial charge >= 0.3 is 0 Å². The Labute approximate surface area is 209 Å². The van der Waals surface area contributed by atoms with Gasteiger partial charge in [0.25, 0.3) is 5.56 Å². The Hall–Kier alpha value is -3.67. The van der Waals surface area contributed by atoms with Crippen LogP contribution in [0.15, 0.2) is 90.1 Å². The third kappa shape index (κ3) is 3.77. The van der Waals surface area contributed by atoms with Crippen molar-refractivity contribution in [2.75, 3.05) is 7.11 Å². The van der Waals surface area contributed by atoms with E-state index in [9.17, 15) is 4.79 Å². The topological polar surface area (TPSA) is 49.1 Å². The molecule has 176 valence electrons. The van der Waals surface area contributed by atoms with Crippen molar-refractivity contribution < 1.29 is 4.74 Å². The van der Waals surface area contributed by atoms with Gasteiger partial charge in [-0.05, 0) is 53.4 Å². The highest BCUT2D eigenvalue weighted by Crippen LogP contribution is 2.42. The Morgan fingerprint density at radius 1 is 0.943 bits per heavy atom. The van der Waals surface area contributed by atoms with Crippen LogP contribution in [0.25, 0.3) is 22.0 Å². The van der Waals surface area contributed by atoms with E-state index >= 15 is 0 Å². The fourth-order valence-corrected chi connectivity index (χ4v) is 5.04. The van der Waals surface area contributed by atoms with Crippen molar-refractivity contribution in [2.24, 2.45) is 14.1 Å². The molecule has 0 aliphatic carbocycles. The molecule has 35 heavy (non-hydrogen) atoms. The minimum absolute atomic E-state index is 0.0518. The van der Waals surface area contributed by atoms with Crippen LogP contribution in [-0.4, -0.2) is 21.2 Å². The van der Waals surface area contributed by atoms with Gasteiger partial charge in [-0.1, -0.05) is 59.6 Å². The molecule has 1 atom stereocenters. The molecule has 0 spiro atoms. The fourth-order valence-electron chi connectivity index (χ4n) is 4.92. The number of ether oxygens (including phenoxy) is 1. The van der Waals surface area contributed by atoms with E-state index in [2.05, 4.69) is 30.1 Å². The number of benzene rings is 3. The van der Waals surface area contributed by atoms with Crippen LogP contribution in [0.4, 0.5) is 0 Å². The molecule has 2 heterocycles. The standard InChI is InChI=1S/C29H26ClN3O2/c1-19-6-5-7-20(14-19)24-16-28(34)33(3)26-13-10-22(15-25(24)26)29(35-4,27-17-31-18-32(27)2)21-8-11-23(30)12-9-21/h5-18H,1-4H3. The van der Waals surface area contributed by atoms with Crippen molar-refractivity contribution in [3.63, 3.8) is 0 Å². The summed E-state index contributed by atoms with van der Waals surface area (Å²) in [7, 11) is 5.46. The number of rotatable bonds is 5. The maximum absolute atomic E-state index is 12.8. The second-order valence-corrected chi connectivity index (χ2v) is 9.28. The number of hydrogen-bond acceptors (Lipinski definition) is 3. The summed E-state index contributed by atoms with van der Waals surface area (Å²) in [5, 5.41) is 1.62. The summed E-state index contributed by atoms with van der Waals surface area (Å²) in [5.41, 5.74) is 5.61. The molecule has 5 rings (SSSR count). The number of aromatic nitrogens is 3. The first kappa shape index (κ1) is 23.1. The minimum Gasteiger partial charge on any atom is -0.362 e. The first-order valence-corrected chi connectivity index (χ1v) is 11.7. The highest BCUT2D eigenvalue weighted by molar-refractivity contribution is 6.30. The third-order valence-corrected chi connectivity index (χ3v) is 6.97. The lowest BCUT2D eigenvalue weighted by Crippen LogP contribution is -2.33. The molecule has 2 aromatic heterocycles. The lowest BCUT2D eigenvalue weighted by Gasteiger charge is -2.34. The van der Waals surface area contributed by atoms with Crippen molar-refractivity contribution in [3.05, 3.63) is 123 Å². The monoisotopic (exact) mass is 483 g/mol. The zero-order chi connectivity index (χ0) is 24.7. The summed E-state index contributed by atoms with van der Waals surface area (Å²) in [6.07, 6.45) is 3.59. The van der Waals surface area contributed by atoms with Gasteiger partial charge in [-0.25, -0.2) is 4.98 Å². The van der Waals surface area contributed by atoms with Crippen LogP contribution in [0, 0.1) is 6.92 Å². The summed E-state index contributed by atoms with van der Waals surface area (Å²) in [4.78, 5) is 17.2. The Morgan fingerprint density at radius 3 is 2.34 bits per heavy atom. The summed E-state index contributed by atoms with van der Waals surface area (Å²) in [5.74, 6) is 0. The number of nitrogens with zero attached hydrogens (tertiary/aromatic N) is 3. The normalized spacial score (nSPS) is 13.2. The second kappa shape index (κ2) is 8.84. The Morgan fingerprint density at radius 2 is 1.69 bits per heavy atom. The first-order chi connectivity index (χ1) is 16.8. The SMILES string of the molecule is COC(c1ccc(Cl)cc1)(c1ccc2c(c1)c(-c1cccc(C)c1)cc(=O)n2C)c1cncn1C. The second-order valence-electron chi connectivity index (χ2n) is 8.84. The minimum atomic E-state index is -0.942. The van der Waals surface area contributed by atoms with Gasteiger partial charge in [-0.15, -0.1) is 0 Å². The number of aryl methyl sites for hydroxylation is 3. The molecule has 0 radical (unpaired) electrons. The van der Waals surface area contributed by atoms with E-state index in [4.69, 9.17) is 16.3 Å². The molecule has 5 nitrogen and oxygen atoms in total. The molecule has 0 N–H and O–H groups in total. The molecule has 3 aromatic carbocycles. The molecule has 5 aromatic rings. The van der Waals surface area contributed by atoms with Crippen molar-refractivity contribution in [2.45, 2.75) is 12.5 Å². The predicted octanol–water partition coefficient (Wildman–Crippen LogP) is 5.84. The van der Waals surface area contributed by atoms with Crippen molar-refractivity contribution in [1.29, 1.82) is 0 Å². The highest BCUT2D eigenvalue weighted by Gasteiger charge is 2.39. The molecular weight excluding hydrogens is 458 g/mol. The van der Waals surface area contributed by atoms with Crippen LogP contribution in [0.3, 0.4) is 0 Å². The van der Waals surface area contributed by atoms with E-state index in [0.29, 0.717) is 5.02 Å². The predicted molar refractivity (Wildman–Crippen MR) is 141 cm³/mol. The number of imidazole rings is 1. The largest absolute Gasteiger partial charge is 0.362 e. The molecule has 0 amide bonds. The molecule has 6 heteroatoms. The average molecular weight is 484 g/mol. The maximum Gasteiger partial charge on any atom is 0.251 e. The summed E-state index contributed by atoms with van der Waals surface area (Å²) < 4.78 is 10.0. The highest BCUT2D eigenvalue weighted by atomic mass is 35.5. The van der Waals surface area contributed by atoms with Crippen molar-refractivity contribution in [1.82, 2.24) is 14.1 Å². The van der Waals surface area contributed by atoms with Gasteiger partial charge in [-0.3, -0.25) is 4.79 Å². The molecule has 0 fully saturated rings. The zero-order valence-electron chi connectivity index (χ0n) is 20.1. The van der Waals surface area contributed by atoms with Crippen LogP contribution >= 0.6 is 11.6 Å². The van der Waals surface area contributed by atoms with Gasteiger partial charge in [0.2, 0.25) is 0 Å². The fraction of sp³-hybridized carbons (Fsp3) is 0.172. The van der Waals surface area contributed by atoms with Crippen molar-refractivity contribution >= 4 is 22.5 Å². The number of hydrogen-bond donors (Lipinski definition) is 0. The van der Waals surface area contributed by atoms with Crippen LogP contribution in [0.2, 0.25) is 5.02 Å².